The SMILES string of the molecule is Clc1ccc2ccccc2c1-c1ccc(-c2nc(-c3ccccc3)nc(-c3ccc(-c4ccccc4)cc3)n2)cc1. The Hall–Kier alpha value is -5.12. The molecule has 0 saturated carbocycles. The lowest BCUT2D eigenvalue weighted by atomic mass is 9.97. The molecular weight excluding hydrogens is 522 g/mol. The third-order valence-corrected chi connectivity index (χ3v) is 7.54. The van der Waals surface area contributed by atoms with Crippen LogP contribution in [0.15, 0.2) is 146 Å². The molecule has 1 heterocycles. The maximum absolute atomic E-state index is 6.69. The summed E-state index contributed by atoms with van der Waals surface area (Å²) in [6, 6.07) is 49.3. The predicted octanol–water partition coefficient (Wildman–Crippen LogP) is 10.0. The van der Waals surface area contributed by atoms with E-state index < -0.39 is 0 Å². The first kappa shape index (κ1) is 24.9. The monoisotopic (exact) mass is 545 g/mol. The van der Waals surface area contributed by atoms with Gasteiger partial charge in [-0.15, -0.1) is 0 Å². The van der Waals surface area contributed by atoms with Gasteiger partial charge in [0.2, 0.25) is 0 Å². The van der Waals surface area contributed by atoms with E-state index >= 15 is 0 Å². The fraction of sp³-hybridized carbons (Fsp3) is 0. The van der Waals surface area contributed by atoms with Crippen LogP contribution in [0.1, 0.15) is 0 Å². The lowest BCUT2D eigenvalue weighted by molar-refractivity contribution is 1.07. The van der Waals surface area contributed by atoms with Crippen molar-refractivity contribution in [1.29, 1.82) is 0 Å². The molecule has 194 valence electrons. The largest absolute Gasteiger partial charge is 0.208 e. The number of halogens is 1. The van der Waals surface area contributed by atoms with Crippen molar-refractivity contribution in [2.24, 2.45) is 0 Å². The Morgan fingerprint density at radius 1 is 0.341 bits per heavy atom. The molecule has 0 aliphatic heterocycles. The molecule has 7 rings (SSSR count). The average molecular weight is 546 g/mol. The van der Waals surface area contributed by atoms with E-state index in [1.807, 2.05) is 66.7 Å². The molecule has 0 amide bonds. The third-order valence-electron chi connectivity index (χ3n) is 7.23. The fourth-order valence-electron chi connectivity index (χ4n) is 5.12. The Morgan fingerprint density at radius 2 is 0.756 bits per heavy atom. The number of fused-ring (bicyclic) bond motifs is 1. The lowest BCUT2D eigenvalue weighted by Crippen LogP contribution is -2.00. The molecular formula is C37H24ClN3. The van der Waals surface area contributed by atoms with Gasteiger partial charge in [-0.2, -0.15) is 0 Å². The second-order valence-corrected chi connectivity index (χ2v) is 10.2. The normalized spacial score (nSPS) is 11.0. The van der Waals surface area contributed by atoms with Gasteiger partial charge in [-0.25, -0.2) is 15.0 Å². The Bertz CT molecular complexity index is 1970. The molecule has 6 aromatic carbocycles. The quantitative estimate of drug-likeness (QED) is 0.216. The summed E-state index contributed by atoms with van der Waals surface area (Å²) in [6.45, 7) is 0. The minimum Gasteiger partial charge on any atom is -0.208 e. The Labute approximate surface area is 243 Å². The van der Waals surface area contributed by atoms with Gasteiger partial charge < -0.3 is 0 Å². The lowest BCUT2D eigenvalue weighted by Gasteiger charge is -2.11. The van der Waals surface area contributed by atoms with Crippen molar-refractivity contribution < 1.29 is 0 Å². The van der Waals surface area contributed by atoms with Crippen LogP contribution in [0.5, 0.6) is 0 Å². The molecule has 0 spiro atoms. The summed E-state index contributed by atoms with van der Waals surface area (Å²) in [7, 11) is 0. The molecule has 0 N–H and O–H groups in total. The van der Waals surface area contributed by atoms with E-state index in [1.165, 1.54) is 5.56 Å². The molecule has 41 heavy (non-hydrogen) atoms. The standard InChI is InChI=1S/C37H24ClN3/c38-33-24-23-27-11-7-8-14-32(27)34(33)28-17-21-31(22-18-28)37-40-35(29-12-5-2-6-13-29)39-36(41-37)30-19-15-26(16-20-30)25-9-3-1-4-10-25/h1-24H. The van der Waals surface area contributed by atoms with Crippen molar-refractivity contribution in [3.63, 3.8) is 0 Å². The van der Waals surface area contributed by atoms with E-state index in [0.717, 1.165) is 49.2 Å². The Morgan fingerprint density at radius 3 is 1.34 bits per heavy atom. The van der Waals surface area contributed by atoms with Gasteiger partial charge in [0.05, 0.1) is 0 Å². The molecule has 3 nitrogen and oxygen atoms in total. The van der Waals surface area contributed by atoms with Gasteiger partial charge in [0.15, 0.2) is 17.5 Å². The van der Waals surface area contributed by atoms with E-state index in [9.17, 15) is 0 Å². The van der Waals surface area contributed by atoms with Gasteiger partial charge in [0.25, 0.3) is 0 Å². The summed E-state index contributed by atoms with van der Waals surface area (Å²) in [5, 5.41) is 3.01. The zero-order valence-corrected chi connectivity index (χ0v) is 22.8. The highest BCUT2D eigenvalue weighted by Crippen LogP contribution is 2.36. The van der Waals surface area contributed by atoms with E-state index in [2.05, 4.69) is 78.9 Å². The van der Waals surface area contributed by atoms with Crippen molar-refractivity contribution >= 4 is 22.4 Å². The zero-order chi connectivity index (χ0) is 27.6. The van der Waals surface area contributed by atoms with Crippen molar-refractivity contribution in [2.75, 3.05) is 0 Å². The first-order valence-corrected chi connectivity index (χ1v) is 13.9. The maximum atomic E-state index is 6.69. The summed E-state index contributed by atoms with van der Waals surface area (Å²) in [4.78, 5) is 14.7. The van der Waals surface area contributed by atoms with E-state index in [0.29, 0.717) is 17.5 Å². The van der Waals surface area contributed by atoms with Gasteiger partial charge in [-0.05, 0) is 33.5 Å². The number of benzene rings is 6. The van der Waals surface area contributed by atoms with E-state index in [-0.39, 0.29) is 0 Å². The van der Waals surface area contributed by atoms with Crippen molar-refractivity contribution in [3.05, 3.63) is 151 Å². The average Bonchev–Trinajstić information content (AvgIpc) is 3.05. The van der Waals surface area contributed by atoms with Crippen LogP contribution in [0.25, 0.3) is 67.2 Å². The summed E-state index contributed by atoms with van der Waals surface area (Å²) in [5.41, 5.74) is 7.18. The minimum atomic E-state index is 0.622. The van der Waals surface area contributed by atoms with Crippen LogP contribution >= 0.6 is 11.6 Å². The minimum absolute atomic E-state index is 0.622. The van der Waals surface area contributed by atoms with Crippen LogP contribution in [-0.2, 0) is 0 Å². The van der Waals surface area contributed by atoms with E-state index in [1.54, 1.807) is 0 Å². The summed E-state index contributed by atoms with van der Waals surface area (Å²) >= 11 is 6.69. The van der Waals surface area contributed by atoms with Crippen LogP contribution in [-0.4, -0.2) is 15.0 Å². The zero-order valence-electron chi connectivity index (χ0n) is 22.1. The smallest absolute Gasteiger partial charge is 0.164 e. The van der Waals surface area contributed by atoms with Crippen LogP contribution in [0.4, 0.5) is 0 Å². The Kier molecular flexibility index (Phi) is 6.56. The highest BCUT2D eigenvalue weighted by molar-refractivity contribution is 6.35. The molecule has 0 atom stereocenters. The molecule has 0 bridgehead atoms. The maximum Gasteiger partial charge on any atom is 0.164 e. The first-order chi connectivity index (χ1) is 20.2. The molecule has 1 aromatic heterocycles. The number of aromatic nitrogens is 3. The predicted molar refractivity (Wildman–Crippen MR) is 170 cm³/mol. The molecule has 0 saturated heterocycles. The van der Waals surface area contributed by atoms with Gasteiger partial charge in [0.1, 0.15) is 0 Å². The second kappa shape index (κ2) is 10.8. The Balaban J connectivity index is 1.30. The van der Waals surface area contributed by atoms with E-state index in [4.69, 9.17) is 26.6 Å². The summed E-state index contributed by atoms with van der Waals surface area (Å²) < 4.78 is 0. The molecule has 0 unspecified atom stereocenters. The topological polar surface area (TPSA) is 38.7 Å². The molecule has 0 aliphatic carbocycles. The van der Waals surface area contributed by atoms with Crippen LogP contribution in [0.2, 0.25) is 5.02 Å². The summed E-state index contributed by atoms with van der Waals surface area (Å²) in [5.74, 6) is 1.89. The first-order valence-electron chi connectivity index (χ1n) is 13.5. The fourth-order valence-corrected chi connectivity index (χ4v) is 5.39. The van der Waals surface area contributed by atoms with Crippen LogP contribution < -0.4 is 0 Å². The van der Waals surface area contributed by atoms with Crippen molar-refractivity contribution in [3.8, 4) is 56.4 Å². The number of hydrogen-bond acceptors (Lipinski definition) is 3. The van der Waals surface area contributed by atoms with Crippen molar-refractivity contribution in [2.45, 2.75) is 0 Å². The number of hydrogen-bond donors (Lipinski definition) is 0. The molecule has 4 heteroatoms. The second-order valence-electron chi connectivity index (χ2n) is 9.84. The van der Waals surface area contributed by atoms with Gasteiger partial charge in [0, 0.05) is 27.3 Å². The van der Waals surface area contributed by atoms with Gasteiger partial charge in [-0.3, -0.25) is 0 Å². The molecule has 7 aromatic rings. The number of nitrogens with zero attached hydrogens (tertiary/aromatic N) is 3. The molecule has 0 aliphatic rings. The molecule has 0 radical (unpaired) electrons. The highest BCUT2D eigenvalue weighted by atomic mass is 35.5. The van der Waals surface area contributed by atoms with Gasteiger partial charge in [-0.1, -0.05) is 151 Å². The number of rotatable bonds is 5. The van der Waals surface area contributed by atoms with Crippen LogP contribution in [0.3, 0.4) is 0 Å². The third kappa shape index (κ3) is 5.00. The highest BCUT2D eigenvalue weighted by Gasteiger charge is 2.14. The van der Waals surface area contributed by atoms with Gasteiger partial charge >= 0.3 is 0 Å². The molecule has 0 fully saturated rings. The van der Waals surface area contributed by atoms with Crippen molar-refractivity contribution in [1.82, 2.24) is 15.0 Å². The van der Waals surface area contributed by atoms with Crippen LogP contribution in [0, 0.1) is 0 Å². The summed E-state index contributed by atoms with van der Waals surface area (Å²) in [6.07, 6.45) is 0.